The minimum absolute atomic E-state index is 0.00826. The van der Waals surface area contributed by atoms with E-state index in [1.54, 1.807) is 55.5 Å². The summed E-state index contributed by atoms with van der Waals surface area (Å²) < 4.78 is 9.94. The van der Waals surface area contributed by atoms with Gasteiger partial charge in [0, 0.05) is 17.5 Å². The molecule has 0 unspecified atom stereocenters. The molecule has 1 amide bonds. The van der Waals surface area contributed by atoms with E-state index in [-0.39, 0.29) is 31.1 Å². The predicted octanol–water partition coefficient (Wildman–Crippen LogP) is 5.65. The summed E-state index contributed by atoms with van der Waals surface area (Å²) in [4.78, 5) is 36.2. The summed E-state index contributed by atoms with van der Waals surface area (Å²) >= 11 is 0. The molecule has 0 saturated heterocycles. The molecule has 2 rings (SSSR count). The molecular formula is C25H35NO5. The average molecular weight is 430 g/mol. The summed E-state index contributed by atoms with van der Waals surface area (Å²) in [6.07, 6.45) is 1.23. The topological polar surface area (TPSA) is 81.7 Å². The number of amides is 1. The van der Waals surface area contributed by atoms with Gasteiger partial charge in [0.1, 0.15) is 5.75 Å². The van der Waals surface area contributed by atoms with Gasteiger partial charge in [-0.25, -0.2) is 0 Å². The first-order valence-electron chi connectivity index (χ1n) is 10.7. The molecule has 0 bridgehead atoms. The van der Waals surface area contributed by atoms with Crippen LogP contribution in [0.1, 0.15) is 69.8 Å². The van der Waals surface area contributed by atoms with Gasteiger partial charge in [0.15, 0.2) is 5.78 Å². The predicted molar refractivity (Wildman–Crippen MR) is 125 cm³/mol. The van der Waals surface area contributed by atoms with Crippen LogP contribution in [-0.2, 0) is 14.3 Å². The van der Waals surface area contributed by atoms with Crippen LogP contribution >= 0.6 is 0 Å². The quantitative estimate of drug-likeness (QED) is 0.433. The van der Waals surface area contributed by atoms with E-state index in [0.717, 1.165) is 0 Å². The Labute approximate surface area is 186 Å². The largest absolute Gasteiger partial charge is 0.497 e. The first-order chi connectivity index (χ1) is 15.0. The third-order valence-corrected chi connectivity index (χ3v) is 3.64. The second-order valence-corrected chi connectivity index (χ2v) is 6.17. The van der Waals surface area contributed by atoms with Crippen LogP contribution in [-0.4, -0.2) is 31.4 Å². The maximum Gasteiger partial charge on any atom is 0.306 e. The van der Waals surface area contributed by atoms with Gasteiger partial charge in [-0.1, -0.05) is 58.4 Å². The zero-order chi connectivity index (χ0) is 23.6. The van der Waals surface area contributed by atoms with Crippen LogP contribution in [0.4, 0.5) is 5.69 Å². The number of esters is 1. The highest BCUT2D eigenvalue weighted by Crippen LogP contribution is 2.22. The highest BCUT2D eigenvalue weighted by Gasteiger charge is 2.16. The van der Waals surface area contributed by atoms with Crippen molar-refractivity contribution >= 4 is 23.3 Å². The lowest BCUT2D eigenvalue weighted by atomic mass is 10.0. The Bertz CT molecular complexity index is 817. The fraction of sp³-hybridized carbons (Fsp3) is 0.400. The monoisotopic (exact) mass is 429 g/mol. The summed E-state index contributed by atoms with van der Waals surface area (Å²) in [6, 6.07) is 13.5. The lowest BCUT2D eigenvalue weighted by Crippen LogP contribution is -2.16. The van der Waals surface area contributed by atoms with Gasteiger partial charge in [0.05, 0.1) is 25.8 Å². The number of para-hydroxylation sites is 1. The van der Waals surface area contributed by atoms with Gasteiger partial charge >= 0.3 is 5.97 Å². The number of carbonyl (C=O) groups is 3. The van der Waals surface area contributed by atoms with E-state index in [2.05, 4.69) is 19.2 Å². The summed E-state index contributed by atoms with van der Waals surface area (Å²) in [5, 5.41) is 2.69. The molecule has 1 N–H and O–H groups in total. The number of anilines is 1. The lowest BCUT2D eigenvalue weighted by Gasteiger charge is -2.11. The molecule has 0 aromatic heterocycles. The Hall–Kier alpha value is -3.15. The number of hydrogen-bond donors (Lipinski definition) is 1. The van der Waals surface area contributed by atoms with Crippen molar-refractivity contribution in [2.75, 3.05) is 19.0 Å². The Morgan fingerprint density at radius 2 is 1.55 bits per heavy atom. The molecule has 0 heterocycles. The number of hydrogen-bond acceptors (Lipinski definition) is 5. The summed E-state index contributed by atoms with van der Waals surface area (Å²) in [7, 11) is 1.53. The van der Waals surface area contributed by atoms with Crippen LogP contribution in [0.5, 0.6) is 5.75 Å². The van der Waals surface area contributed by atoms with Crippen molar-refractivity contribution in [2.45, 2.75) is 53.9 Å². The highest BCUT2D eigenvalue weighted by molar-refractivity contribution is 6.14. The molecule has 0 saturated carbocycles. The Kier molecular flexibility index (Phi) is 14.9. The molecule has 6 heteroatoms. The third kappa shape index (κ3) is 10.4. The minimum atomic E-state index is -0.427. The second-order valence-electron chi connectivity index (χ2n) is 6.17. The molecule has 0 aliphatic rings. The van der Waals surface area contributed by atoms with Crippen molar-refractivity contribution in [2.24, 2.45) is 0 Å². The van der Waals surface area contributed by atoms with Crippen LogP contribution in [0, 0.1) is 0 Å². The number of carbonyl (C=O) groups excluding carboxylic acids is 3. The Morgan fingerprint density at radius 3 is 2.16 bits per heavy atom. The van der Waals surface area contributed by atoms with Gasteiger partial charge in [-0.15, -0.1) is 0 Å². The lowest BCUT2D eigenvalue weighted by molar-refractivity contribution is -0.144. The number of rotatable bonds is 8. The molecular weight excluding hydrogens is 394 g/mol. The zero-order valence-electron chi connectivity index (χ0n) is 19.5. The molecule has 170 valence electrons. The van der Waals surface area contributed by atoms with E-state index in [4.69, 9.17) is 9.47 Å². The number of ketones is 1. The Balaban J connectivity index is 0.00000165. The molecule has 0 spiro atoms. The first kappa shape index (κ1) is 27.8. The SMILES string of the molecule is CC.CCC.CCOC(=O)CCC(=O)Nc1ccccc1C(=O)c1cccc(OC)c1. The Morgan fingerprint density at radius 1 is 0.903 bits per heavy atom. The van der Waals surface area contributed by atoms with E-state index >= 15 is 0 Å². The number of nitrogens with one attached hydrogen (secondary N) is 1. The average Bonchev–Trinajstić information content (AvgIpc) is 2.80. The van der Waals surface area contributed by atoms with E-state index in [1.807, 2.05) is 13.8 Å². The molecule has 0 radical (unpaired) electrons. The molecule has 6 nitrogen and oxygen atoms in total. The first-order valence-corrected chi connectivity index (χ1v) is 10.7. The van der Waals surface area contributed by atoms with Crippen molar-refractivity contribution < 1.29 is 23.9 Å². The van der Waals surface area contributed by atoms with Crippen molar-refractivity contribution in [1.29, 1.82) is 0 Å². The van der Waals surface area contributed by atoms with Crippen molar-refractivity contribution in [3.63, 3.8) is 0 Å². The third-order valence-electron chi connectivity index (χ3n) is 3.64. The standard InChI is InChI=1S/C20H21NO5.C3H8.C2H6/c1-3-26-19(23)12-11-18(22)21-17-10-5-4-9-16(17)20(24)14-7-6-8-15(13-14)25-2;1-3-2;1-2/h4-10,13H,3,11-12H2,1-2H3,(H,21,22);3H2,1-2H3;1-2H3. The van der Waals surface area contributed by atoms with E-state index in [9.17, 15) is 14.4 Å². The van der Waals surface area contributed by atoms with Crippen molar-refractivity contribution in [3.8, 4) is 5.75 Å². The fourth-order valence-corrected chi connectivity index (χ4v) is 2.37. The van der Waals surface area contributed by atoms with E-state index in [0.29, 0.717) is 22.6 Å². The number of benzene rings is 2. The van der Waals surface area contributed by atoms with Crippen molar-refractivity contribution in [1.82, 2.24) is 0 Å². The van der Waals surface area contributed by atoms with Crippen LogP contribution in [0.25, 0.3) is 0 Å². The molecule has 2 aromatic carbocycles. The normalized spacial score (nSPS) is 9.23. The molecule has 0 fully saturated rings. The zero-order valence-corrected chi connectivity index (χ0v) is 19.5. The van der Waals surface area contributed by atoms with Crippen LogP contribution in [0.3, 0.4) is 0 Å². The maximum absolute atomic E-state index is 12.8. The summed E-state index contributed by atoms with van der Waals surface area (Å²) in [5.41, 5.74) is 1.22. The molecule has 31 heavy (non-hydrogen) atoms. The summed E-state index contributed by atoms with van der Waals surface area (Å²) in [5.74, 6) is -0.440. The van der Waals surface area contributed by atoms with Gasteiger partial charge in [-0.3, -0.25) is 14.4 Å². The molecule has 2 aromatic rings. The van der Waals surface area contributed by atoms with E-state index in [1.165, 1.54) is 13.5 Å². The highest BCUT2D eigenvalue weighted by atomic mass is 16.5. The smallest absolute Gasteiger partial charge is 0.306 e. The van der Waals surface area contributed by atoms with Gasteiger partial charge in [-0.05, 0) is 31.2 Å². The maximum atomic E-state index is 12.8. The van der Waals surface area contributed by atoms with Crippen molar-refractivity contribution in [3.05, 3.63) is 59.7 Å². The number of methoxy groups -OCH3 is 1. The van der Waals surface area contributed by atoms with Gasteiger partial charge in [0.25, 0.3) is 0 Å². The molecule has 0 aliphatic carbocycles. The van der Waals surface area contributed by atoms with E-state index < -0.39 is 5.97 Å². The molecule has 0 atom stereocenters. The molecule has 0 aliphatic heterocycles. The number of ether oxygens (including phenoxy) is 2. The fourth-order valence-electron chi connectivity index (χ4n) is 2.37. The van der Waals surface area contributed by atoms with Crippen LogP contribution < -0.4 is 10.1 Å². The van der Waals surface area contributed by atoms with Crippen LogP contribution in [0.15, 0.2) is 48.5 Å². The summed E-state index contributed by atoms with van der Waals surface area (Å²) in [6.45, 7) is 10.2. The van der Waals surface area contributed by atoms with Crippen LogP contribution in [0.2, 0.25) is 0 Å². The van der Waals surface area contributed by atoms with Gasteiger partial charge < -0.3 is 14.8 Å². The second kappa shape index (κ2) is 16.6. The minimum Gasteiger partial charge on any atom is -0.497 e. The van der Waals surface area contributed by atoms with Gasteiger partial charge in [0.2, 0.25) is 5.91 Å². The van der Waals surface area contributed by atoms with Gasteiger partial charge in [-0.2, -0.15) is 0 Å².